The quantitative estimate of drug-likeness (QED) is 0.793. The summed E-state index contributed by atoms with van der Waals surface area (Å²) in [6.07, 6.45) is 4.42. The van der Waals surface area contributed by atoms with E-state index in [1.807, 2.05) is 30.5 Å². The van der Waals surface area contributed by atoms with Crippen LogP contribution >= 0.6 is 11.6 Å². The lowest BCUT2D eigenvalue weighted by Gasteiger charge is -2.46. The maximum absolute atomic E-state index is 12.2. The third-order valence-electron chi connectivity index (χ3n) is 6.17. The summed E-state index contributed by atoms with van der Waals surface area (Å²) >= 11 is 6.05. The Morgan fingerprint density at radius 3 is 2.63 bits per heavy atom. The average molecular weight is 429 g/mol. The van der Waals surface area contributed by atoms with Crippen molar-refractivity contribution < 1.29 is 9.53 Å². The second kappa shape index (κ2) is 9.77. The molecule has 160 valence electrons. The van der Waals surface area contributed by atoms with Gasteiger partial charge in [-0.2, -0.15) is 0 Å². The Balaban J connectivity index is 1.45. The normalized spacial score (nSPS) is 23.3. The Hall–Kier alpha value is -2.15. The number of morpholine rings is 1. The first kappa shape index (κ1) is 21.1. The van der Waals surface area contributed by atoms with Crippen molar-refractivity contribution in [3.05, 3.63) is 59.2 Å². The van der Waals surface area contributed by atoms with Crippen LogP contribution in [0.3, 0.4) is 0 Å². The molecule has 3 heterocycles. The monoisotopic (exact) mass is 428 g/mol. The van der Waals surface area contributed by atoms with E-state index in [1.54, 1.807) is 7.05 Å². The third-order valence-corrected chi connectivity index (χ3v) is 6.42. The summed E-state index contributed by atoms with van der Waals surface area (Å²) in [5, 5.41) is 3.48. The minimum atomic E-state index is -0.412. The molecule has 0 spiro atoms. The van der Waals surface area contributed by atoms with Crippen molar-refractivity contribution in [2.45, 2.75) is 37.5 Å². The largest absolute Gasteiger partial charge is 0.365 e. The zero-order chi connectivity index (χ0) is 20.9. The first-order chi connectivity index (χ1) is 14.6. The molecule has 1 aromatic heterocycles. The molecule has 1 N–H and O–H groups in total. The molecule has 6 nitrogen and oxygen atoms in total. The van der Waals surface area contributed by atoms with Gasteiger partial charge in [0.1, 0.15) is 11.9 Å². The number of carbonyl (C=O) groups is 1. The molecule has 1 amide bonds. The summed E-state index contributed by atoms with van der Waals surface area (Å²) < 4.78 is 5.95. The van der Waals surface area contributed by atoms with Crippen LogP contribution < -0.4 is 10.2 Å². The molecule has 0 saturated carbocycles. The Morgan fingerprint density at radius 1 is 1.20 bits per heavy atom. The number of anilines is 1. The molecule has 7 heteroatoms. The number of halogens is 1. The molecule has 30 heavy (non-hydrogen) atoms. The number of aromatic nitrogens is 1. The Kier molecular flexibility index (Phi) is 6.87. The SMILES string of the molecule is CNC(=O)[C@H]1CN(C2CCN(c3ccccn3)CC2)[C@@H](Cc2ccc(Cl)cc2)CO1. The van der Waals surface area contributed by atoms with E-state index in [2.05, 4.69) is 38.3 Å². The fourth-order valence-corrected chi connectivity index (χ4v) is 4.65. The summed E-state index contributed by atoms with van der Waals surface area (Å²) in [5.41, 5.74) is 1.24. The number of rotatable bonds is 5. The van der Waals surface area contributed by atoms with E-state index in [1.165, 1.54) is 5.56 Å². The van der Waals surface area contributed by atoms with Crippen molar-refractivity contribution in [1.82, 2.24) is 15.2 Å². The standard InChI is InChI=1S/C23H29ClN4O2/c1-25-23(29)21-15-28(20(16-30-21)14-17-5-7-18(24)8-6-17)19-9-12-27(13-10-19)22-4-2-3-11-26-22/h2-8,11,19-21H,9-10,12-16H2,1H3,(H,25,29)/t20-,21+/m0/s1. The molecular weight excluding hydrogens is 400 g/mol. The molecule has 4 rings (SSSR count). The maximum Gasteiger partial charge on any atom is 0.250 e. The topological polar surface area (TPSA) is 57.7 Å². The summed E-state index contributed by atoms with van der Waals surface area (Å²) in [7, 11) is 1.67. The Bertz CT molecular complexity index is 825. The van der Waals surface area contributed by atoms with Gasteiger partial charge in [0.05, 0.1) is 6.61 Å². The fraction of sp³-hybridized carbons (Fsp3) is 0.478. The highest BCUT2D eigenvalue weighted by Crippen LogP contribution is 2.27. The van der Waals surface area contributed by atoms with Crippen LogP contribution in [0.1, 0.15) is 18.4 Å². The number of nitrogens with zero attached hydrogens (tertiary/aromatic N) is 3. The van der Waals surface area contributed by atoms with Gasteiger partial charge in [0.15, 0.2) is 0 Å². The van der Waals surface area contributed by atoms with E-state index in [-0.39, 0.29) is 11.9 Å². The molecule has 0 bridgehead atoms. The summed E-state index contributed by atoms with van der Waals surface area (Å²) in [6, 6.07) is 14.8. The number of hydrogen-bond donors (Lipinski definition) is 1. The van der Waals surface area contributed by atoms with Crippen LogP contribution in [0, 0.1) is 0 Å². The molecule has 2 saturated heterocycles. The molecule has 2 fully saturated rings. The Morgan fingerprint density at radius 2 is 1.97 bits per heavy atom. The van der Waals surface area contributed by atoms with Crippen LogP contribution in [0.25, 0.3) is 0 Å². The predicted octanol–water partition coefficient (Wildman–Crippen LogP) is 2.76. The van der Waals surface area contributed by atoms with Crippen LogP contribution in [0.5, 0.6) is 0 Å². The minimum Gasteiger partial charge on any atom is -0.365 e. The van der Waals surface area contributed by atoms with Gasteiger partial charge in [0.2, 0.25) is 5.91 Å². The van der Waals surface area contributed by atoms with Crippen molar-refractivity contribution in [3.63, 3.8) is 0 Å². The number of nitrogens with one attached hydrogen (secondary N) is 1. The van der Waals surface area contributed by atoms with Crippen LogP contribution in [-0.4, -0.2) is 67.3 Å². The molecule has 0 unspecified atom stereocenters. The van der Waals surface area contributed by atoms with Crippen LogP contribution in [0.15, 0.2) is 48.7 Å². The van der Waals surface area contributed by atoms with Gasteiger partial charge in [0, 0.05) is 50.0 Å². The van der Waals surface area contributed by atoms with Crippen LogP contribution in [-0.2, 0) is 16.0 Å². The molecule has 1 aromatic carbocycles. The molecule has 2 aliphatic rings. The lowest BCUT2D eigenvalue weighted by atomic mass is 9.96. The predicted molar refractivity (Wildman–Crippen MR) is 119 cm³/mol. The fourth-order valence-electron chi connectivity index (χ4n) is 4.52. The number of pyridine rings is 1. The van der Waals surface area contributed by atoms with Crippen molar-refractivity contribution >= 4 is 23.3 Å². The molecule has 2 aromatic rings. The van der Waals surface area contributed by atoms with Crippen molar-refractivity contribution in [2.75, 3.05) is 38.2 Å². The minimum absolute atomic E-state index is 0.0455. The van der Waals surface area contributed by atoms with Gasteiger partial charge in [-0.05, 0) is 49.1 Å². The highest BCUT2D eigenvalue weighted by molar-refractivity contribution is 6.30. The number of hydrogen-bond acceptors (Lipinski definition) is 5. The van der Waals surface area contributed by atoms with Crippen molar-refractivity contribution in [3.8, 4) is 0 Å². The van der Waals surface area contributed by atoms with Crippen molar-refractivity contribution in [2.24, 2.45) is 0 Å². The number of benzene rings is 1. The van der Waals surface area contributed by atoms with E-state index in [4.69, 9.17) is 16.3 Å². The molecule has 2 atom stereocenters. The van der Waals surface area contributed by atoms with Gasteiger partial charge >= 0.3 is 0 Å². The van der Waals surface area contributed by atoms with Gasteiger partial charge in [-0.1, -0.05) is 29.8 Å². The van der Waals surface area contributed by atoms with E-state index in [0.29, 0.717) is 19.2 Å². The molecular formula is C23H29ClN4O2. The lowest BCUT2D eigenvalue weighted by Crippen LogP contribution is -2.59. The molecule has 0 aliphatic carbocycles. The van der Waals surface area contributed by atoms with Gasteiger partial charge < -0.3 is 15.0 Å². The van der Waals surface area contributed by atoms with Gasteiger partial charge in [-0.3, -0.25) is 9.69 Å². The highest BCUT2D eigenvalue weighted by Gasteiger charge is 2.37. The van der Waals surface area contributed by atoms with E-state index < -0.39 is 6.10 Å². The van der Waals surface area contributed by atoms with Gasteiger partial charge in [-0.15, -0.1) is 0 Å². The smallest absolute Gasteiger partial charge is 0.250 e. The van der Waals surface area contributed by atoms with Crippen LogP contribution in [0.2, 0.25) is 5.02 Å². The third kappa shape index (κ3) is 4.94. The molecule has 0 radical (unpaired) electrons. The second-order valence-corrected chi connectivity index (χ2v) is 8.46. The zero-order valence-electron chi connectivity index (χ0n) is 17.3. The van der Waals surface area contributed by atoms with Gasteiger partial charge in [-0.25, -0.2) is 4.98 Å². The second-order valence-electron chi connectivity index (χ2n) is 8.02. The van der Waals surface area contributed by atoms with E-state index in [9.17, 15) is 4.79 Å². The number of likely N-dealkylation sites (N-methyl/N-ethyl adjacent to an activating group) is 1. The number of piperidine rings is 1. The number of ether oxygens (including phenoxy) is 1. The van der Waals surface area contributed by atoms with E-state index in [0.717, 1.165) is 43.2 Å². The summed E-state index contributed by atoms with van der Waals surface area (Å²) in [5.74, 6) is 0.995. The number of carbonyl (C=O) groups excluding carboxylic acids is 1. The van der Waals surface area contributed by atoms with Crippen LogP contribution in [0.4, 0.5) is 5.82 Å². The highest BCUT2D eigenvalue weighted by atomic mass is 35.5. The van der Waals surface area contributed by atoms with Crippen molar-refractivity contribution in [1.29, 1.82) is 0 Å². The molecule has 2 aliphatic heterocycles. The first-order valence-corrected chi connectivity index (χ1v) is 11.0. The zero-order valence-corrected chi connectivity index (χ0v) is 18.1. The Labute approximate surface area is 183 Å². The van der Waals surface area contributed by atoms with Gasteiger partial charge in [0.25, 0.3) is 0 Å². The maximum atomic E-state index is 12.2. The number of amides is 1. The summed E-state index contributed by atoms with van der Waals surface area (Å²) in [6.45, 7) is 3.13. The average Bonchev–Trinajstić information content (AvgIpc) is 2.81. The summed E-state index contributed by atoms with van der Waals surface area (Å²) in [4.78, 5) is 21.6. The first-order valence-electron chi connectivity index (χ1n) is 10.6. The lowest BCUT2D eigenvalue weighted by molar-refractivity contribution is -0.144. The van der Waals surface area contributed by atoms with E-state index >= 15 is 0 Å².